The van der Waals surface area contributed by atoms with E-state index in [1.165, 1.54) is 19.4 Å². The van der Waals surface area contributed by atoms with Crippen LogP contribution in [0, 0.1) is 5.92 Å². The summed E-state index contributed by atoms with van der Waals surface area (Å²) in [7, 11) is 1.70. The molecule has 0 amide bonds. The van der Waals surface area contributed by atoms with E-state index in [4.69, 9.17) is 9.47 Å². The van der Waals surface area contributed by atoms with Gasteiger partial charge in [0.1, 0.15) is 0 Å². The van der Waals surface area contributed by atoms with Crippen molar-refractivity contribution in [2.45, 2.75) is 25.9 Å². The van der Waals surface area contributed by atoms with Crippen molar-refractivity contribution in [2.24, 2.45) is 5.92 Å². The predicted octanol–water partition coefficient (Wildman–Crippen LogP) is 1.04. The first-order chi connectivity index (χ1) is 6.33. The number of ether oxygens (including phenoxy) is 2. The van der Waals surface area contributed by atoms with Gasteiger partial charge in [-0.1, -0.05) is 0 Å². The fourth-order valence-corrected chi connectivity index (χ4v) is 1.24. The molecule has 0 aromatic carbocycles. The van der Waals surface area contributed by atoms with Crippen LogP contribution in [0.3, 0.4) is 0 Å². The minimum Gasteiger partial charge on any atom is -0.382 e. The second-order valence-electron chi connectivity index (χ2n) is 3.78. The second-order valence-corrected chi connectivity index (χ2v) is 3.78. The molecule has 13 heavy (non-hydrogen) atoms. The highest BCUT2D eigenvalue weighted by molar-refractivity contribution is 4.74. The molecule has 1 unspecified atom stereocenters. The Hall–Kier alpha value is -0.120. The number of hydrogen-bond acceptors (Lipinski definition) is 3. The Bertz CT molecular complexity index is 126. The van der Waals surface area contributed by atoms with Gasteiger partial charge in [-0.05, 0) is 32.2 Å². The Morgan fingerprint density at radius 2 is 2.23 bits per heavy atom. The van der Waals surface area contributed by atoms with E-state index in [9.17, 15) is 0 Å². The molecule has 0 radical (unpaired) electrons. The maximum Gasteiger partial charge on any atom is 0.0780 e. The summed E-state index contributed by atoms with van der Waals surface area (Å²) in [4.78, 5) is 0. The van der Waals surface area contributed by atoms with Crippen molar-refractivity contribution in [2.75, 3.05) is 33.4 Å². The van der Waals surface area contributed by atoms with E-state index in [0.717, 1.165) is 19.1 Å². The van der Waals surface area contributed by atoms with Gasteiger partial charge in [-0.15, -0.1) is 0 Å². The third-order valence-electron chi connectivity index (χ3n) is 2.21. The Labute approximate surface area is 80.8 Å². The molecular formula is C10H21NO2. The van der Waals surface area contributed by atoms with Crippen LogP contribution in [0.25, 0.3) is 0 Å². The molecule has 1 aliphatic carbocycles. The molecule has 0 heterocycles. The SMILES string of the molecule is COCC(C)OCCNCC1CC1. The molecule has 0 spiro atoms. The van der Waals surface area contributed by atoms with E-state index in [-0.39, 0.29) is 6.10 Å². The molecule has 1 aliphatic rings. The van der Waals surface area contributed by atoms with Gasteiger partial charge in [0, 0.05) is 13.7 Å². The monoisotopic (exact) mass is 187 g/mol. The van der Waals surface area contributed by atoms with Gasteiger partial charge in [-0.2, -0.15) is 0 Å². The van der Waals surface area contributed by atoms with E-state index in [0.29, 0.717) is 6.61 Å². The van der Waals surface area contributed by atoms with E-state index in [1.807, 2.05) is 6.92 Å². The van der Waals surface area contributed by atoms with Crippen LogP contribution in [0.1, 0.15) is 19.8 Å². The van der Waals surface area contributed by atoms with Crippen LogP contribution in [0.5, 0.6) is 0 Å². The van der Waals surface area contributed by atoms with Gasteiger partial charge in [0.25, 0.3) is 0 Å². The van der Waals surface area contributed by atoms with Crippen molar-refractivity contribution >= 4 is 0 Å². The van der Waals surface area contributed by atoms with Gasteiger partial charge < -0.3 is 14.8 Å². The molecule has 0 aromatic rings. The Kier molecular flexibility index (Phi) is 5.35. The zero-order chi connectivity index (χ0) is 9.52. The van der Waals surface area contributed by atoms with Crippen LogP contribution in [0.4, 0.5) is 0 Å². The molecule has 1 saturated carbocycles. The third kappa shape index (κ3) is 6.02. The molecule has 1 N–H and O–H groups in total. The first-order valence-corrected chi connectivity index (χ1v) is 5.14. The van der Waals surface area contributed by atoms with Crippen LogP contribution < -0.4 is 5.32 Å². The fraction of sp³-hybridized carbons (Fsp3) is 1.00. The molecule has 3 nitrogen and oxygen atoms in total. The Balaban J connectivity index is 1.76. The lowest BCUT2D eigenvalue weighted by molar-refractivity contribution is 0.0107. The van der Waals surface area contributed by atoms with Gasteiger partial charge in [-0.3, -0.25) is 0 Å². The van der Waals surface area contributed by atoms with Gasteiger partial charge >= 0.3 is 0 Å². The van der Waals surface area contributed by atoms with E-state index in [2.05, 4.69) is 5.32 Å². The average Bonchev–Trinajstić information content (AvgIpc) is 2.88. The van der Waals surface area contributed by atoms with Gasteiger partial charge in [-0.25, -0.2) is 0 Å². The molecule has 1 atom stereocenters. The first kappa shape index (κ1) is 11.0. The molecule has 1 fully saturated rings. The Morgan fingerprint density at radius 1 is 1.46 bits per heavy atom. The fourth-order valence-electron chi connectivity index (χ4n) is 1.24. The highest BCUT2D eigenvalue weighted by Gasteiger charge is 2.19. The lowest BCUT2D eigenvalue weighted by Gasteiger charge is -2.11. The maximum absolute atomic E-state index is 5.50. The summed E-state index contributed by atoms with van der Waals surface area (Å²) in [5.41, 5.74) is 0. The van der Waals surface area contributed by atoms with E-state index < -0.39 is 0 Å². The van der Waals surface area contributed by atoms with E-state index in [1.54, 1.807) is 7.11 Å². The molecule has 0 aliphatic heterocycles. The quantitative estimate of drug-likeness (QED) is 0.576. The molecule has 0 saturated heterocycles. The van der Waals surface area contributed by atoms with Crippen LogP contribution in [-0.2, 0) is 9.47 Å². The molecule has 0 aromatic heterocycles. The minimum absolute atomic E-state index is 0.215. The van der Waals surface area contributed by atoms with Crippen LogP contribution in [0.15, 0.2) is 0 Å². The van der Waals surface area contributed by atoms with Crippen LogP contribution >= 0.6 is 0 Å². The van der Waals surface area contributed by atoms with Crippen molar-refractivity contribution in [3.8, 4) is 0 Å². The average molecular weight is 187 g/mol. The van der Waals surface area contributed by atoms with Gasteiger partial charge in [0.15, 0.2) is 0 Å². The zero-order valence-corrected chi connectivity index (χ0v) is 8.71. The summed E-state index contributed by atoms with van der Waals surface area (Å²) >= 11 is 0. The summed E-state index contributed by atoms with van der Waals surface area (Å²) < 4.78 is 10.5. The first-order valence-electron chi connectivity index (χ1n) is 5.14. The van der Waals surface area contributed by atoms with Gasteiger partial charge in [0.05, 0.1) is 19.3 Å². The highest BCUT2D eigenvalue weighted by Crippen LogP contribution is 2.27. The standard InChI is InChI=1S/C10H21NO2/c1-9(8-12-2)13-6-5-11-7-10-3-4-10/h9-11H,3-8H2,1-2H3. The number of nitrogens with one attached hydrogen (secondary N) is 1. The maximum atomic E-state index is 5.50. The topological polar surface area (TPSA) is 30.5 Å². The van der Waals surface area contributed by atoms with Crippen LogP contribution in [-0.4, -0.2) is 39.5 Å². The largest absolute Gasteiger partial charge is 0.382 e. The smallest absolute Gasteiger partial charge is 0.0780 e. The number of hydrogen-bond donors (Lipinski definition) is 1. The van der Waals surface area contributed by atoms with Crippen molar-refractivity contribution in [3.63, 3.8) is 0 Å². The molecular weight excluding hydrogens is 166 g/mol. The Morgan fingerprint density at radius 3 is 2.85 bits per heavy atom. The summed E-state index contributed by atoms with van der Waals surface area (Å²) in [6, 6.07) is 0. The third-order valence-corrected chi connectivity index (χ3v) is 2.21. The summed E-state index contributed by atoms with van der Waals surface area (Å²) in [5.74, 6) is 0.955. The summed E-state index contributed by atoms with van der Waals surface area (Å²) in [5, 5.41) is 3.38. The summed E-state index contributed by atoms with van der Waals surface area (Å²) in [6.45, 7) is 5.64. The van der Waals surface area contributed by atoms with Crippen LogP contribution in [0.2, 0.25) is 0 Å². The molecule has 78 valence electrons. The number of methoxy groups -OCH3 is 1. The highest BCUT2D eigenvalue weighted by atomic mass is 16.5. The second kappa shape index (κ2) is 6.35. The summed E-state index contributed by atoms with van der Waals surface area (Å²) in [6.07, 6.45) is 3.04. The normalized spacial score (nSPS) is 18.9. The lowest BCUT2D eigenvalue weighted by atomic mass is 10.4. The molecule has 0 bridgehead atoms. The van der Waals surface area contributed by atoms with Crippen molar-refractivity contribution < 1.29 is 9.47 Å². The minimum atomic E-state index is 0.215. The van der Waals surface area contributed by atoms with Gasteiger partial charge in [0.2, 0.25) is 0 Å². The van der Waals surface area contributed by atoms with E-state index >= 15 is 0 Å². The molecule has 1 rings (SSSR count). The number of rotatable bonds is 8. The van der Waals surface area contributed by atoms with Crippen molar-refractivity contribution in [3.05, 3.63) is 0 Å². The molecule has 3 heteroatoms. The van der Waals surface area contributed by atoms with Crippen molar-refractivity contribution in [1.82, 2.24) is 5.32 Å². The predicted molar refractivity (Wildman–Crippen MR) is 52.9 cm³/mol. The lowest BCUT2D eigenvalue weighted by Crippen LogP contribution is -2.25. The zero-order valence-electron chi connectivity index (χ0n) is 8.71. The van der Waals surface area contributed by atoms with Crippen molar-refractivity contribution in [1.29, 1.82) is 0 Å².